The summed E-state index contributed by atoms with van der Waals surface area (Å²) < 4.78 is 5.32. The average molecular weight is 285 g/mol. The summed E-state index contributed by atoms with van der Waals surface area (Å²) in [5.74, 6) is 0.792. The lowest BCUT2D eigenvalue weighted by atomic mass is 10.2. The molecule has 2 N–H and O–H groups in total. The van der Waals surface area contributed by atoms with Crippen molar-refractivity contribution < 1.29 is 14.0 Å². The van der Waals surface area contributed by atoms with E-state index in [4.69, 9.17) is 4.42 Å². The molecule has 0 bridgehead atoms. The minimum absolute atomic E-state index is 0.0918. The number of carbonyl (C=O) groups excluding carboxylic acids is 2. The van der Waals surface area contributed by atoms with E-state index in [0.29, 0.717) is 17.7 Å². The van der Waals surface area contributed by atoms with Crippen LogP contribution in [0.5, 0.6) is 0 Å². The van der Waals surface area contributed by atoms with E-state index < -0.39 is 6.03 Å². The number of nitrogens with one attached hydrogen (secondary N) is 2. The first-order valence-electron chi connectivity index (χ1n) is 6.03. The fourth-order valence-corrected chi connectivity index (χ4v) is 1.85. The van der Waals surface area contributed by atoms with Crippen molar-refractivity contribution in [1.29, 1.82) is 0 Å². The lowest BCUT2D eigenvalue weighted by molar-refractivity contribution is -0.117. The predicted molar refractivity (Wildman–Crippen MR) is 73.1 cm³/mol. The maximum absolute atomic E-state index is 11.5. The number of hydrogen-bond donors (Lipinski definition) is 2. The Morgan fingerprint density at radius 3 is 2.58 bits per heavy atom. The Kier molecular flexibility index (Phi) is 5.88. The van der Waals surface area contributed by atoms with Gasteiger partial charge in [-0.1, -0.05) is 25.6 Å². The van der Waals surface area contributed by atoms with E-state index in [1.807, 2.05) is 27.7 Å². The van der Waals surface area contributed by atoms with Crippen molar-refractivity contribution in [3.8, 4) is 0 Å². The molecule has 1 aromatic rings. The second kappa shape index (κ2) is 7.18. The van der Waals surface area contributed by atoms with Gasteiger partial charge in [0.15, 0.2) is 0 Å². The molecule has 0 saturated carbocycles. The van der Waals surface area contributed by atoms with Gasteiger partial charge in [0.2, 0.25) is 5.91 Å². The van der Waals surface area contributed by atoms with Gasteiger partial charge in [-0.25, -0.2) is 9.78 Å². The first kappa shape index (κ1) is 15.6. The minimum Gasteiger partial charge on any atom is -0.437 e. The van der Waals surface area contributed by atoms with Gasteiger partial charge >= 0.3 is 6.03 Å². The maximum atomic E-state index is 11.5. The van der Waals surface area contributed by atoms with Gasteiger partial charge in [-0.15, -0.1) is 0 Å². The van der Waals surface area contributed by atoms with Crippen molar-refractivity contribution in [2.24, 2.45) is 5.92 Å². The van der Waals surface area contributed by atoms with Crippen molar-refractivity contribution in [2.75, 3.05) is 12.3 Å². The third kappa shape index (κ3) is 5.78. The highest BCUT2D eigenvalue weighted by atomic mass is 32.2. The molecule has 3 amide bonds. The number of aryl methyl sites for hydroxylation is 2. The van der Waals surface area contributed by atoms with Crippen LogP contribution < -0.4 is 10.6 Å². The molecular weight excluding hydrogens is 266 g/mol. The van der Waals surface area contributed by atoms with Crippen molar-refractivity contribution in [3.63, 3.8) is 0 Å². The van der Waals surface area contributed by atoms with Crippen LogP contribution in [0, 0.1) is 19.8 Å². The number of urea groups is 1. The van der Waals surface area contributed by atoms with Gasteiger partial charge in [-0.05, 0) is 19.8 Å². The second-order valence-electron chi connectivity index (χ2n) is 4.56. The second-order valence-corrected chi connectivity index (χ2v) is 5.49. The molecule has 1 aromatic heterocycles. The number of oxazole rings is 1. The Labute approximate surface area is 116 Å². The van der Waals surface area contributed by atoms with Gasteiger partial charge in [0.05, 0.1) is 11.4 Å². The van der Waals surface area contributed by atoms with Gasteiger partial charge in [0.1, 0.15) is 5.76 Å². The Morgan fingerprint density at radius 2 is 2.05 bits per heavy atom. The molecule has 0 aliphatic heterocycles. The number of hydrogen-bond acceptors (Lipinski definition) is 5. The van der Waals surface area contributed by atoms with E-state index >= 15 is 0 Å². The largest absolute Gasteiger partial charge is 0.437 e. The average Bonchev–Trinajstić information content (AvgIpc) is 2.64. The molecule has 0 fully saturated rings. The molecule has 0 aliphatic rings. The van der Waals surface area contributed by atoms with Crippen LogP contribution >= 0.6 is 11.8 Å². The fourth-order valence-electron chi connectivity index (χ4n) is 1.14. The number of nitrogens with zero attached hydrogens (tertiary/aromatic N) is 1. The molecule has 0 aromatic carbocycles. The molecular formula is C12H19N3O3S. The first-order valence-corrected chi connectivity index (χ1v) is 7.01. The summed E-state index contributed by atoms with van der Waals surface area (Å²) in [5, 5.41) is 5.29. The van der Waals surface area contributed by atoms with E-state index in [1.165, 1.54) is 0 Å². The number of rotatable bonds is 5. The van der Waals surface area contributed by atoms with Gasteiger partial charge in [-0.3, -0.25) is 10.1 Å². The van der Waals surface area contributed by atoms with Crippen LogP contribution in [0.2, 0.25) is 0 Å². The third-order valence-corrected chi connectivity index (χ3v) is 3.09. The molecule has 0 unspecified atom stereocenters. The van der Waals surface area contributed by atoms with Gasteiger partial charge in [0.25, 0.3) is 5.22 Å². The predicted octanol–water partition coefficient (Wildman–Crippen LogP) is 1.87. The summed E-state index contributed by atoms with van der Waals surface area (Å²) in [6.45, 7) is 8.13. The number of aromatic nitrogens is 1. The molecule has 1 heterocycles. The van der Waals surface area contributed by atoms with Crippen molar-refractivity contribution >= 4 is 23.7 Å². The molecule has 0 atom stereocenters. The maximum Gasteiger partial charge on any atom is 0.321 e. The summed E-state index contributed by atoms with van der Waals surface area (Å²) in [4.78, 5) is 27.0. The zero-order valence-corrected chi connectivity index (χ0v) is 12.4. The Morgan fingerprint density at radius 1 is 1.37 bits per heavy atom. The fraction of sp³-hybridized carbons (Fsp3) is 0.583. The van der Waals surface area contributed by atoms with Crippen LogP contribution in [0.1, 0.15) is 25.3 Å². The smallest absolute Gasteiger partial charge is 0.321 e. The Bertz CT molecular complexity index is 438. The highest BCUT2D eigenvalue weighted by Gasteiger charge is 2.11. The standard InChI is InChI=1S/C12H19N3O3S/c1-7(2)5-13-11(17)15-10(16)6-19-12-14-8(3)9(4)18-12/h7H,5-6H2,1-4H3,(H2,13,15,16,17). The van der Waals surface area contributed by atoms with E-state index in [0.717, 1.165) is 23.2 Å². The molecule has 19 heavy (non-hydrogen) atoms. The topological polar surface area (TPSA) is 84.2 Å². The first-order chi connectivity index (χ1) is 8.88. The van der Waals surface area contributed by atoms with Gasteiger partial charge in [-0.2, -0.15) is 0 Å². The lowest BCUT2D eigenvalue weighted by Gasteiger charge is -2.07. The summed E-state index contributed by atoms with van der Waals surface area (Å²) in [5.41, 5.74) is 0.803. The van der Waals surface area contributed by atoms with E-state index in [1.54, 1.807) is 0 Å². The zero-order chi connectivity index (χ0) is 14.4. The van der Waals surface area contributed by atoms with E-state index in [9.17, 15) is 9.59 Å². The number of amides is 3. The van der Waals surface area contributed by atoms with Gasteiger partial charge in [0, 0.05) is 6.54 Å². The highest BCUT2D eigenvalue weighted by Crippen LogP contribution is 2.19. The van der Waals surface area contributed by atoms with Crippen LogP contribution in [-0.2, 0) is 4.79 Å². The molecule has 7 heteroatoms. The van der Waals surface area contributed by atoms with Crippen LogP contribution in [0.3, 0.4) is 0 Å². The lowest BCUT2D eigenvalue weighted by Crippen LogP contribution is -2.41. The summed E-state index contributed by atoms with van der Waals surface area (Å²) in [6, 6.07) is -0.473. The zero-order valence-electron chi connectivity index (χ0n) is 11.6. The van der Waals surface area contributed by atoms with Crippen LogP contribution in [0.15, 0.2) is 9.64 Å². The van der Waals surface area contributed by atoms with Gasteiger partial charge < -0.3 is 9.73 Å². The molecule has 0 aliphatic carbocycles. The number of thioether (sulfide) groups is 1. The number of imide groups is 1. The minimum atomic E-state index is -0.473. The Hall–Kier alpha value is -1.50. The Balaban J connectivity index is 2.29. The molecule has 0 radical (unpaired) electrons. The summed E-state index contributed by atoms with van der Waals surface area (Å²) in [6.07, 6.45) is 0. The third-order valence-electron chi connectivity index (χ3n) is 2.26. The summed E-state index contributed by atoms with van der Waals surface area (Å²) in [7, 11) is 0. The van der Waals surface area contributed by atoms with Crippen molar-refractivity contribution in [2.45, 2.75) is 32.9 Å². The molecule has 106 valence electrons. The van der Waals surface area contributed by atoms with Crippen LogP contribution in [0.25, 0.3) is 0 Å². The van der Waals surface area contributed by atoms with Crippen molar-refractivity contribution in [1.82, 2.24) is 15.6 Å². The molecule has 6 nitrogen and oxygen atoms in total. The highest BCUT2D eigenvalue weighted by molar-refractivity contribution is 7.99. The monoisotopic (exact) mass is 285 g/mol. The molecule has 1 rings (SSSR count). The summed E-state index contributed by atoms with van der Waals surface area (Å²) >= 11 is 1.16. The molecule has 0 saturated heterocycles. The van der Waals surface area contributed by atoms with E-state index in [2.05, 4.69) is 15.6 Å². The van der Waals surface area contributed by atoms with Crippen molar-refractivity contribution in [3.05, 3.63) is 11.5 Å². The SMILES string of the molecule is Cc1nc(SCC(=O)NC(=O)NCC(C)C)oc1C. The molecule has 0 spiro atoms. The van der Waals surface area contributed by atoms with Crippen LogP contribution in [-0.4, -0.2) is 29.2 Å². The van der Waals surface area contributed by atoms with E-state index in [-0.39, 0.29) is 11.7 Å². The quantitative estimate of drug-likeness (QED) is 0.807. The number of carbonyl (C=O) groups is 2. The van der Waals surface area contributed by atoms with Crippen LogP contribution in [0.4, 0.5) is 4.79 Å². The normalized spacial score (nSPS) is 10.6.